The standard InChI is InChI=1S/C10H13NO2S/c1-11(2)8-9-14(12,13)10-6-4-3-5-7-10/h3-9H,1-2H3. The van der Waals surface area contributed by atoms with Crippen molar-refractivity contribution in [3.8, 4) is 0 Å². The summed E-state index contributed by atoms with van der Waals surface area (Å²) in [5.41, 5.74) is 0. The van der Waals surface area contributed by atoms with Gasteiger partial charge in [0.25, 0.3) is 0 Å². The van der Waals surface area contributed by atoms with Crippen molar-refractivity contribution >= 4 is 9.84 Å². The summed E-state index contributed by atoms with van der Waals surface area (Å²) in [7, 11) is 0.272. The lowest BCUT2D eigenvalue weighted by Gasteiger charge is -2.03. The quantitative estimate of drug-likeness (QED) is 0.760. The molecular weight excluding hydrogens is 198 g/mol. The molecule has 0 N–H and O–H groups in total. The van der Waals surface area contributed by atoms with Crippen LogP contribution in [0, 0.1) is 0 Å². The van der Waals surface area contributed by atoms with Crippen LogP contribution in [-0.2, 0) is 9.84 Å². The van der Waals surface area contributed by atoms with E-state index in [9.17, 15) is 8.42 Å². The van der Waals surface area contributed by atoms with Gasteiger partial charge < -0.3 is 4.90 Å². The van der Waals surface area contributed by atoms with Gasteiger partial charge in [-0.15, -0.1) is 0 Å². The van der Waals surface area contributed by atoms with Crippen LogP contribution in [-0.4, -0.2) is 27.4 Å². The Balaban J connectivity index is 2.99. The molecule has 1 rings (SSSR count). The first-order valence-corrected chi connectivity index (χ1v) is 5.72. The predicted molar refractivity (Wildman–Crippen MR) is 56.5 cm³/mol. The average Bonchev–Trinajstić information content (AvgIpc) is 2.16. The molecule has 0 heterocycles. The van der Waals surface area contributed by atoms with E-state index in [0.717, 1.165) is 0 Å². The first-order chi connectivity index (χ1) is 6.52. The largest absolute Gasteiger partial charge is 0.383 e. The molecule has 0 saturated heterocycles. The van der Waals surface area contributed by atoms with Crippen molar-refractivity contribution in [3.63, 3.8) is 0 Å². The van der Waals surface area contributed by atoms with Crippen LogP contribution in [0.25, 0.3) is 0 Å². The summed E-state index contributed by atoms with van der Waals surface area (Å²) >= 11 is 0. The Labute approximate surface area is 84.6 Å². The van der Waals surface area contributed by atoms with E-state index in [0.29, 0.717) is 4.90 Å². The molecule has 3 nitrogen and oxygen atoms in total. The highest BCUT2D eigenvalue weighted by molar-refractivity contribution is 7.94. The predicted octanol–water partition coefficient (Wildman–Crippen LogP) is 1.49. The highest BCUT2D eigenvalue weighted by atomic mass is 32.2. The summed E-state index contributed by atoms with van der Waals surface area (Å²) in [5, 5.41) is 1.20. The maximum atomic E-state index is 11.6. The summed E-state index contributed by atoms with van der Waals surface area (Å²) in [6, 6.07) is 8.35. The Kier molecular flexibility index (Phi) is 3.30. The van der Waals surface area contributed by atoms with Gasteiger partial charge in [0.05, 0.1) is 10.3 Å². The van der Waals surface area contributed by atoms with E-state index in [1.165, 1.54) is 11.6 Å². The molecule has 0 aliphatic carbocycles. The van der Waals surface area contributed by atoms with Crippen molar-refractivity contribution in [1.29, 1.82) is 0 Å². The first-order valence-electron chi connectivity index (χ1n) is 4.17. The van der Waals surface area contributed by atoms with E-state index in [2.05, 4.69) is 0 Å². The number of benzene rings is 1. The van der Waals surface area contributed by atoms with E-state index in [4.69, 9.17) is 0 Å². The van der Waals surface area contributed by atoms with Gasteiger partial charge >= 0.3 is 0 Å². The van der Waals surface area contributed by atoms with Crippen LogP contribution in [0.3, 0.4) is 0 Å². The SMILES string of the molecule is CN(C)C=CS(=O)(=O)c1ccccc1. The zero-order valence-electron chi connectivity index (χ0n) is 8.21. The van der Waals surface area contributed by atoms with E-state index in [1.807, 2.05) is 0 Å². The normalized spacial score (nSPS) is 11.9. The molecular formula is C10H13NO2S. The van der Waals surface area contributed by atoms with Crippen LogP contribution in [0.15, 0.2) is 46.8 Å². The summed E-state index contributed by atoms with van der Waals surface area (Å²) in [6.45, 7) is 0. The fraction of sp³-hybridized carbons (Fsp3) is 0.200. The van der Waals surface area contributed by atoms with Gasteiger partial charge in [-0.3, -0.25) is 0 Å². The van der Waals surface area contributed by atoms with Crippen molar-refractivity contribution in [2.24, 2.45) is 0 Å². The third-order valence-corrected chi connectivity index (χ3v) is 3.02. The fourth-order valence-corrected chi connectivity index (χ4v) is 1.99. The number of hydrogen-bond donors (Lipinski definition) is 0. The van der Waals surface area contributed by atoms with Gasteiger partial charge in [0, 0.05) is 20.3 Å². The van der Waals surface area contributed by atoms with Gasteiger partial charge in [0.2, 0.25) is 9.84 Å². The van der Waals surface area contributed by atoms with Crippen LogP contribution < -0.4 is 0 Å². The monoisotopic (exact) mass is 211 g/mol. The van der Waals surface area contributed by atoms with E-state index in [1.54, 1.807) is 49.3 Å². The van der Waals surface area contributed by atoms with Crippen LogP contribution >= 0.6 is 0 Å². The van der Waals surface area contributed by atoms with Crippen molar-refractivity contribution in [1.82, 2.24) is 4.90 Å². The van der Waals surface area contributed by atoms with E-state index < -0.39 is 9.84 Å². The van der Waals surface area contributed by atoms with Gasteiger partial charge in [-0.1, -0.05) is 18.2 Å². The first kappa shape index (κ1) is 10.8. The van der Waals surface area contributed by atoms with Crippen molar-refractivity contribution in [3.05, 3.63) is 41.9 Å². The number of sulfone groups is 1. The average molecular weight is 211 g/mol. The maximum absolute atomic E-state index is 11.6. The number of rotatable bonds is 3. The highest BCUT2D eigenvalue weighted by Crippen LogP contribution is 2.10. The highest BCUT2D eigenvalue weighted by Gasteiger charge is 2.08. The van der Waals surface area contributed by atoms with Crippen molar-refractivity contribution < 1.29 is 8.42 Å². The zero-order chi connectivity index (χ0) is 10.6. The molecule has 0 unspecified atom stereocenters. The van der Waals surface area contributed by atoms with Crippen LogP contribution in [0.2, 0.25) is 0 Å². The van der Waals surface area contributed by atoms with Crippen molar-refractivity contribution in [2.45, 2.75) is 4.90 Å². The zero-order valence-corrected chi connectivity index (χ0v) is 9.03. The molecule has 14 heavy (non-hydrogen) atoms. The molecule has 0 radical (unpaired) electrons. The Hall–Kier alpha value is -1.29. The Morgan fingerprint density at radius 1 is 1.14 bits per heavy atom. The van der Waals surface area contributed by atoms with Gasteiger partial charge in [0.1, 0.15) is 0 Å². The summed E-state index contributed by atoms with van der Waals surface area (Å²) in [5.74, 6) is 0. The third kappa shape index (κ3) is 2.88. The van der Waals surface area contributed by atoms with Crippen LogP contribution in [0.5, 0.6) is 0 Å². The summed E-state index contributed by atoms with van der Waals surface area (Å²) < 4.78 is 23.2. The molecule has 0 bridgehead atoms. The second kappa shape index (κ2) is 4.28. The molecule has 0 amide bonds. The molecule has 1 aromatic carbocycles. The van der Waals surface area contributed by atoms with E-state index >= 15 is 0 Å². The van der Waals surface area contributed by atoms with Crippen LogP contribution in [0.1, 0.15) is 0 Å². The number of hydrogen-bond acceptors (Lipinski definition) is 3. The molecule has 0 fully saturated rings. The molecule has 0 spiro atoms. The van der Waals surface area contributed by atoms with Crippen molar-refractivity contribution in [2.75, 3.05) is 14.1 Å². The Morgan fingerprint density at radius 2 is 1.71 bits per heavy atom. The molecule has 0 aromatic heterocycles. The minimum atomic E-state index is -3.28. The second-order valence-corrected chi connectivity index (χ2v) is 4.94. The van der Waals surface area contributed by atoms with Crippen LogP contribution in [0.4, 0.5) is 0 Å². The molecule has 0 saturated carbocycles. The minimum Gasteiger partial charge on any atom is -0.383 e. The third-order valence-electron chi connectivity index (χ3n) is 1.61. The van der Waals surface area contributed by atoms with Gasteiger partial charge in [-0.25, -0.2) is 8.42 Å². The Bertz CT molecular complexity index is 407. The smallest absolute Gasteiger partial charge is 0.201 e. The fourth-order valence-electron chi connectivity index (χ4n) is 0.891. The lowest BCUT2D eigenvalue weighted by molar-refractivity contribution is 0.562. The van der Waals surface area contributed by atoms with Gasteiger partial charge in [-0.05, 0) is 12.1 Å². The molecule has 76 valence electrons. The van der Waals surface area contributed by atoms with Gasteiger partial charge in [0.15, 0.2) is 0 Å². The lowest BCUT2D eigenvalue weighted by Crippen LogP contribution is -2.03. The van der Waals surface area contributed by atoms with Gasteiger partial charge in [-0.2, -0.15) is 0 Å². The minimum absolute atomic E-state index is 0.318. The molecule has 0 atom stereocenters. The van der Waals surface area contributed by atoms with E-state index in [-0.39, 0.29) is 0 Å². The Morgan fingerprint density at radius 3 is 2.21 bits per heavy atom. The summed E-state index contributed by atoms with van der Waals surface area (Å²) in [4.78, 5) is 2.00. The number of nitrogens with zero attached hydrogens (tertiary/aromatic N) is 1. The molecule has 0 aliphatic rings. The maximum Gasteiger partial charge on any atom is 0.201 e. The molecule has 1 aromatic rings. The topological polar surface area (TPSA) is 37.4 Å². The summed E-state index contributed by atoms with van der Waals surface area (Å²) in [6.07, 6.45) is 1.52. The lowest BCUT2D eigenvalue weighted by atomic mass is 10.4. The second-order valence-electron chi connectivity index (χ2n) is 3.11. The molecule has 4 heteroatoms. The molecule has 0 aliphatic heterocycles.